The maximum absolute atomic E-state index is 11.7. The summed E-state index contributed by atoms with van der Waals surface area (Å²) in [6, 6.07) is 2.27. The Hall–Kier alpha value is -2.48. The van der Waals surface area contributed by atoms with Crippen molar-refractivity contribution >= 4 is 17.6 Å². The van der Waals surface area contributed by atoms with E-state index in [1.807, 2.05) is 0 Å². The Balaban J connectivity index is 2.99. The number of benzene rings is 1. The molecular weight excluding hydrogens is 256 g/mol. The Kier molecular flexibility index (Phi) is 4.54. The van der Waals surface area contributed by atoms with Gasteiger partial charge in [0.2, 0.25) is 0 Å². The zero-order chi connectivity index (χ0) is 14.6. The minimum Gasteiger partial charge on any atom is -0.480 e. The average molecular weight is 268 g/mol. The first kappa shape index (κ1) is 14.6. The van der Waals surface area contributed by atoms with E-state index in [-0.39, 0.29) is 11.3 Å². The first-order valence-corrected chi connectivity index (χ1v) is 5.25. The van der Waals surface area contributed by atoms with Crippen molar-refractivity contribution in [3.8, 4) is 0 Å². The molecule has 0 spiro atoms. The fourth-order valence-electron chi connectivity index (χ4n) is 1.43. The quantitative estimate of drug-likeness (QED) is 0.512. The molecule has 0 bridgehead atoms. The number of carbonyl (C=O) groups excluding carboxylic acids is 1. The average Bonchev–Trinajstić information content (AvgIpc) is 2.34. The Labute approximate surface area is 107 Å². The number of aliphatic hydroxyl groups is 1. The summed E-state index contributed by atoms with van der Waals surface area (Å²) in [4.78, 5) is 32.4. The molecule has 0 fully saturated rings. The van der Waals surface area contributed by atoms with E-state index in [2.05, 4.69) is 5.32 Å². The molecule has 0 aromatic heterocycles. The van der Waals surface area contributed by atoms with E-state index in [0.29, 0.717) is 5.56 Å². The van der Waals surface area contributed by atoms with Crippen molar-refractivity contribution in [3.05, 3.63) is 39.4 Å². The number of carboxylic acids is 1. The lowest BCUT2D eigenvalue weighted by Gasteiger charge is -2.11. The van der Waals surface area contributed by atoms with E-state index in [9.17, 15) is 19.7 Å². The minimum atomic E-state index is -1.45. The number of nitro benzene ring substituents is 1. The van der Waals surface area contributed by atoms with Gasteiger partial charge >= 0.3 is 5.97 Å². The lowest BCUT2D eigenvalue weighted by molar-refractivity contribution is -0.384. The second-order valence-corrected chi connectivity index (χ2v) is 3.86. The third-order valence-electron chi connectivity index (χ3n) is 2.32. The van der Waals surface area contributed by atoms with Crippen LogP contribution >= 0.6 is 0 Å². The van der Waals surface area contributed by atoms with Gasteiger partial charge in [-0.3, -0.25) is 14.9 Å². The molecule has 102 valence electrons. The summed E-state index contributed by atoms with van der Waals surface area (Å²) in [6.45, 7) is 0.805. The van der Waals surface area contributed by atoms with E-state index in [1.165, 1.54) is 12.1 Å². The fourth-order valence-corrected chi connectivity index (χ4v) is 1.43. The molecule has 1 unspecified atom stereocenters. The number of nitro groups is 1. The second-order valence-electron chi connectivity index (χ2n) is 3.86. The normalized spacial score (nSPS) is 11.7. The van der Waals surface area contributed by atoms with Crippen molar-refractivity contribution in [3.63, 3.8) is 0 Å². The maximum atomic E-state index is 11.7. The highest BCUT2D eigenvalue weighted by Crippen LogP contribution is 2.16. The molecule has 0 aliphatic heterocycles. The highest BCUT2D eigenvalue weighted by molar-refractivity contribution is 5.97. The van der Waals surface area contributed by atoms with Crippen LogP contribution in [0.25, 0.3) is 0 Å². The van der Waals surface area contributed by atoms with Crippen LogP contribution in [-0.4, -0.2) is 39.7 Å². The van der Waals surface area contributed by atoms with Gasteiger partial charge < -0.3 is 15.5 Å². The number of aryl methyl sites for hydroxylation is 1. The second kappa shape index (κ2) is 5.91. The molecule has 19 heavy (non-hydrogen) atoms. The monoisotopic (exact) mass is 268 g/mol. The maximum Gasteiger partial charge on any atom is 0.328 e. The number of amides is 1. The first-order valence-electron chi connectivity index (χ1n) is 5.25. The van der Waals surface area contributed by atoms with Crippen LogP contribution in [0.1, 0.15) is 15.9 Å². The van der Waals surface area contributed by atoms with Crippen LogP contribution in [0.15, 0.2) is 18.2 Å². The molecule has 0 radical (unpaired) electrons. The molecule has 3 N–H and O–H groups in total. The molecule has 0 saturated heterocycles. The van der Waals surface area contributed by atoms with E-state index < -0.39 is 29.4 Å². The molecule has 1 aromatic carbocycles. The van der Waals surface area contributed by atoms with Crippen LogP contribution in [0.2, 0.25) is 0 Å². The van der Waals surface area contributed by atoms with Crippen LogP contribution in [0.3, 0.4) is 0 Å². The minimum absolute atomic E-state index is 0.0357. The molecule has 1 rings (SSSR count). The largest absolute Gasteiger partial charge is 0.480 e. The van der Waals surface area contributed by atoms with E-state index in [4.69, 9.17) is 10.2 Å². The van der Waals surface area contributed by atoms with Gasteiger partial charge in [0.1, 0.15) is 0 Å². The summed E-state index contributed by atoms with van der Waals surface area (Å²) in [5.74, 6) is -2.19. The molecule has 1 amide bonds. The molecule has 0 aliphatic rings. The molecule has 1 atom stereocenters. The predicted molar refractivity (Wildman–Crippen MR) is 63.8 cm³/mol. The number of hydrogen-bond donors (Lipinski definition) is 3. The fraction of sp³-hybridized carbons (Fsp3) is 0.273. The summed E-state index contributed by atoms with van der Waals surface area (Å²) in [6.07, 6.45) is 0. The summed E-state index contributed by atoms with van der Waals surface area (Å²) >= 11 is 0. The highest BCUT2D eigenvalue weighted by atomic mass is 16.6. The van der Waals surface area contributed by atoms with Gasteiger partial charge in [-0.1, -0.05) is 0 Å². The SMILES string of the molecule is Cc1cc(C(=O)NC(CO)C(=O)O)cc([N+](=O)[O-])c1. The topological polar surface area (TPSA) is 130 Å². The third-order valence-corrected chi connectivity index (χ3v) is 2.32. The lowest BCUT2D eigenvalue weighted by atomic mass is 10.1. The zero-order valence-electron chi connectivity index (χ0n) is 9.99. The van der Waals surface area contributed by atoms with Gasteiger partial charge in [0.05, 0.1) is 11.5 Å². The number of nitrogens with zero attached hydrogens (tertiary/aromatic N) is 1. The van der Waals surface area contributed by atoms with Crippen LogP contribution in [0, 0.1) is 17.0 Å². The Morgan fingerprint density at radius 2 is 2.05 bits per heavy atom. The number of carbonyl (C=O) groups is 2. The molecule has 0 saturated carbocycles. The number of nitrogens with one attached hydrogen (secondary N) is 1. The predicted octanol–water partition coefficient (Wildman–Crippen LogP) is 0.0785. The third kappa shape index (κ3) is 3.75. The Morgan fingerprint density at radius 3 is 2.53 bits per heavy atom. The molecule has 8 heteroatoms. The van der Waals surface area contributed by atoms with Gasteiger partial charge in [-0.25, -0.2) is 4.79 Å². The summed E-state index contributed by atoms with van der Waals surface area (Å²) in [7, 11) is 0. The van der Waals surface area contributed by atoms with Crippen molar-refractivity contribution in [1.29, 1.82) is 0 Å². The van der Waals surface area contributed by atoms with Crippen LogP contribution in [0.4, 0.5) is 5.69 Å². The number of hydrogen-bond acceptors (Lipinski definition) is 5. The van der Waals surface area contributed by atoms with Crippen LogP contribution in [0.5, 0.6) is 0 Å². The molecular formula is C11H12N2O6. The Morgan fingerprint density at radius 1 is 1.42 bits per heavy atom. The van der Waals surface area contributed by atoms with Gasteiger partial charge in [0.25, 0.3) is 11.6 Å². The molecule has 8 nitrogen and oxygen atoms in total. The van der Waals surface area contributed by atoms with Crippen molar-refractivity contribution in [2.45, 2.75) is 13.0 Å². The summed E-state index contributed by atoms with van der Waals surface area (Å²) < 4.78 is 0. The first-order chi connectivity index (χ1) is 8.85. The van der Waals surface area contributed by atoms with Crippen molar-refractivity contribution in [2.24, 2.45) is 0 Å². The van der Waals surface area contributed by atoms with Gasteiger partial charge in [-0.2, -0.15) is 0 Å². The number of carboxylic acid groups (broad SMARTS) is 1. The van der Waals surface area contributed by atoms with E-state index in [0.717, 1.165) is 6.07 Å². The number of aliphatic carboxylic acids is 1. The van der Waals surface area contributed by atoms with Gasteiger partial charge in [-0.15, -0.1) is 0 Å². The highest BCUT2D eigenvalue weighted by Gasteiger charge is 2.21. The smallest absolute Gasteiger partial charge is 0.328 e. The van der Waals surface area contributed by atoms with Crippen molar-refractivity contribution in [2.75, 3.05) is 6.61 Å². The molecule has 0 aliphatic carbocycles. The number of aliphatic hydroxyl groups excluding tert-OH is 1. The summed E-state index contributed by atoms with van der Waals surface area (Å²) in [5, 5.41) is 30.2. The summed E-state index contributed by atoms with van der Waals surface area (Å²) in [5.41, 5.74) is 0.197. The van der Waals surface area contributed by atoms with Crippen LogP contribution < -0.4 is 5.32 Å². The van der Waals surface area contributed by atoms with Gasteiger partial charge in [-0.05, 0) is 18.6 Å². The van der Waals surface area contributed by atoms with Gasteiger partial charge in [0.15, 0.2) is 6.04 Å². The number of rotatable bonds is 5. The Bertz CT molecular complexity index is 528. The zero-order valence-corrected chi connectivity index (χ0v) is 9.99. The van der Waals surface area contributed by atoms with Crippen molar-refractivity contribution in [1.82, 2.24) is 5.32 Å². The standard InChI is InChI=1S/C11H12N2O6/c1-6-2-7(4-8(3-6)13(18)19)10(15)12-9(5-14)11(16)17/h2-4,9,14H,5H2,1H3,(H,12,15)(H,16,17). The molecule has 1 aromatic rings. The van der Waals surface area contributed by atoms with Crippen LogP contribution in [-0.2, 0) is 4.79 Å². The number of non-ortho nitro benzene ring substituents is 1. The van der Waals surface area contributed by atoms with Crippen molar-refractivity contribution < 1.29 is 24.7 Å². The van der Waals surface area contributed by atoms with E-state index in [1.54, 1.807) is 6.92 Å². The molecule has 0 heterocycles. The van der Waals surface area contributed by atoms with E-state index >= 15 is 0 Å². The lowest BCUT2D eigenvalue weighted by Crippen LogP contribution is -2.43. The van der Waals surface area contributed by atoms with Gasteiger partial charge in [0, 0.05) is 17.7 Å².